The van der Waals surface area contributed by atoms with E-state index in [1.165, 1.54) is 5.56 Å². The Morgan fingerprint density at radius 2 is 2.44 bits per heavy atom. The van der Waals surface area contributed by atoms with E-state index in [4.69, 9.17) is 16.3 Å². The second-order valence-corrected chi connectivity index (χ2v) is 5.53. The highest BCUT2D eigenvalue weighted by molar-refractivity contribution is 6.31. The zero-order valence-corrected chi connectivity index (χ0v) is 11.7. The zero-order valence-electron chi connectivity index (χ0n) is 10.9. The summed E-state index contributed by atoms with van der Waals surface area (Å²) in [5.41, 5.74) is 1.37. The number of hydrogen-bond acceptors (Lipinski definition) is 3. The number of nitrogens with zero attached hydrogens (tertiary/aromatic N) is 1. The van der Waals surface area contributed by atoms with Crippen molar-refractivity contribution in [3.63, 3.8) is 0 Å². The molecule has 0 radical (unpaired) electrons. The van der Waals surface area contributed by atoms with Crippen LogP contribution in [0.1, 0.15) is 25.3 Å². The molecule has 100 valence electrons. The first-order valence-electron chi connectivity index (χ1n) is 6.63. The fraction of sp³-hybridized carbons (Fsp3) is 0.643. The maximum atomic E-state index is 6.20. The van der Waals surface area contributed by atoms with Crippen LogP contribution in [0.2, 0.25) is 5.02 Å². The minimum Gasteiger partial charge on any atom is -0.381 e. The van der Waals surface area contributed by atoms with E-state index in [1.807, 2.05) is 12.3 Å². The molecule has 0 aromatic carbocycles. The fourth-order valence-electron chi connectivity index (χ4n) is 2.47. The number of hydrogen-bond donors (Lipinski definition) is 1. The van der Waals surface area contributed by atoms with Crippen molar-refractivity contribution >= 4 is 11.6 Å². The summed E-state index contributed by atoms with van der Waals surface area (Å²) in [6.45, 7) is 5.93. The number of halogens is 1. The van der Waals surface area contributed by atoms with Gasteiger partial charge in [0.15, 0.2) is 0 Å². The van der Waals surface area contributed by atoms with Crippen LogP contribution in [0.25, 0.3) is 0 Å². The minimum absolute atomic E-state index is 0.195. The lowest BCUT2D eigenvalue weighted by atomic mass is 9.81. The molecule has 1 atom stereocenters. The van der Waals surface area contributed by atoms with Crippen molar-refractivity contribution in [2.75, 3.05) is 26.3 Å². The molecule has 2 rings (SSSR count). The van der Waals surface area contributed by atoms with Gasteiger partial charge >= 0.3 is 0 Å². The van der Waals surface area contributed by atoms with Gasteiger partial charge in [-0.3, -0.25) is 4.98 Å². The summed E-state index contributed by atoms with van der Waals surface area (Å²) in [6.07, 6.45) is 6.75. The molecule has 1 unspecified atom stereocenters. The third-order valence-electron chi connectivity index (χ3n) is 3.53. The van der Waals surface area contributed by atoms with Gasteiger partial charge in [0.1, 0.15) is 0 Å². The van der Waals surface area contributed by atoms with E-state index >= 15 is 0 Å². The second kappa shape index (κ2) is 6.50. The third kappa shape index (κ3) is 3.44. The van der Waals surface area contributed by atoms with E-state index in [0.717, 1.165) is 50.6 Å². The normalized spacial score (nSPS) is 23.4. The lowest BCUT2D eigenvalue weighted by Gasteiger charge is -2.28. The van der Waals surface area contributed by atoms with E-state index in [9.17, 15) is 0 Å². The lowest BCUT2D eigenvalue weighted by Crippen LogP contribution is -2.37. The Hall–Kier alpha value is -0.640. The Morgan fingerprint density at radius 3 is 3.11 bits per heavy atom. The van der Waals surface area contributed by atoms with Crippen LogP contribution in [-0.2, 0) is 11.2 Å². The van der Waals surface area contributed by atoms with Gasteiger partial charge in [0, 0.05) is 31.0 Å². The predicted molar refractivity (Wildman–Crippen MR) is 74.0 cm³/mol. The van der Waals surface area contributed by atoms with Crippen molar-refractivity contribution < 1.29 is 4.74 Å². The van der Waals surface area contributed by atoms with Crippen LogP contribution in [0, 0.1) is 5.41 Å². The van der Waals surface area contributed by atoms with Gasteiger partial charge < -0.3 is 10.1 Å². The molecule has 18 heavy (non-hydrogen) atoms. The molecule has 1 saturated heterocycles. The van der Waals surface area contributed by atoms with Crippen molar-refractivity contribution in [2.45, 2.75) is 26.2 Å². The molecule has 0 bridgehead atoms. The molecule has 0 amide bonds. The van der Waals surface area contributed by atoms with Crippen molar-refractivity contribution in [1.82, 2.24) is 10.3 Å². The van der Waals surface area contributed by atoms with Gasteiger partial charge in [0.2, 0.25) is 0 Å². The van der Waals surface area contributed by atoms with Crippen molar-refractivity contribution in [1.29, 1.82) is 0 Å². The van der Waals surface area contributed by atoms with Gasteiger partial charge in [0.25, 0.3) is 0 Å². The van der Waals surface area contributed by atoms with Crippen LogP contribution < -0.4 is 5.32 Å². The smallest absolute Gasteiger partial charge is 0.0621 e. The monoisotopic (exact) mass is 268 g/mol. The Labute approximate surface area is 114 Å². The van der Waals surface area contributed by atoms with Crippen LogP contribution in [-0.4, -0.2) is 31.3 Å². The van der Waals surface area contributed by atoms with E-state index < -0.39 is 0 Å². The van der Waals surface area contributed by atoms with Crippen molar-refractivity contribution in [2.24, 2.45) is 5.41 Å². The molecule has 0 spiro atoms. The van der Waals surface area contributed by atoms with Gasteiger partial charge in [-0.2, -0.15) is 0 Å². The summed E-state index contributed by atoms with van der Waals surface area (Å²) in [7, 11) is 0. The summed E-state index contributed by atoms with van der Waals surface area (Å²) in [5, 5.41) is 4.28. The standard InChI is InChI=1S/C14H21ClN2O/c1-2-5-17-10-14(4-7-18-11-14)8-12-3-6-16-9-13(12)15/h3,6,9,17H,2,4-5,7-8,10-11H2,1H3. The number of aromatic nitrogens is 1. The van der Waals surface area contributed by atoms with Crippen LogP contribution in [0.5, 0.6) is 0 Å². The average Bonchev–Trinajstić information content (AvgIpc) is 2.82. The summed E-state index contributed by atoms with van der Waals surface area (Å²) in [5.74, 6) is 0. The van der Waals surface area contributed by atoms with Gasteiger partial charge in [-0.05, 0) is 37.4 Å². The van der Waals surface area contributed by atoms with Crippen LogP contribution >= 0.6 is 11.6 Å². The molecule has 4 heteroatoms. The summed E-state index contributed by atoms with van der Waals surface area (Å²) in [6, 6.07) is 2.02. The molecule has 1 aliphatic rings. The summed E-state index contributed by atoms with van der Waals surface area (Å²) >= 11 is 6.20. The van der Waals surface area contributed by atoms with Gasteiger partial charge in [-0.15, -0.1) is 0 Å². The van der Waals surface area contributed by atoms with Crippen LogP contribution in [0.4, 0.5) is 0 Å². The average molecular weight is 269 g/mol. The molecular formula is C14H21ClN2O. The number of pyridine rings is 1. The van der Waals surface area contributed by atoms with Crippen molar-refractivity contribution in [3.05, 3.63) is 29.0 Å². The number of nitrogens with one attached hydrogen (secondary N) is 1. The molecule has 1 aliphatic heterocycles. The zero-order chi connectivity index (χ0) is 12.8. The third-order valence-corrected chi connectivity index (χ3v) is 3.87. The van der Waals surface area contributed by atoms with E-state index in [2.05, 4.69) is 17.2 Å². The number of rotatable bonds is 6. The molecule has 1 aromatic rings. The lowest BCUT2D eigenvalue weighted by molar-refractivity contribution is 0.149. The number of ether oxygens (including phenoxy) is 1. The second-order valence-electron chi connectivity index (χ2n) is 5.12. The minimum atomic E-state index is 0.195. The SMILES string of the molecule is CCCNCC1(Cc2ccncc2Cl)CCOC1. The Bertz CT molecular complexity index is 378. The first-order valence-corrected chi connectivity index (χ1v) is 7.00. The van der Waals surface area contributed by atoms with Crippen LogP contribution in [0.3, 0.4) is 0 Å². The molecular weight excluding hydrogens is 248 g/mol. The Kier molecular flexibility index (Phi) is 4.98. The predicted octanol–water partition coefficient (Wildman–Crippen LogP) is 2.68. The Balaban J connectivity index is 2.04. The Morgan fingerprint density at radius 1 is 1.56 bits per heavy atom. The molecule has 1 N–H and O–H groups in total. The first kappa shape index (κ1) is 13.8. The molecule has 1 aromatic heterocycles. The molecule has 0 aliphatic carbocycles. The van der Waals surface area contributed by atoms with E-state index in [0.29, 0.717) is 0 Å². The first-order chi connectivity index (χ1) is 8.76. The largest absolute Gasteiger partial charge is 0.381 e. The fourth-order valence-corrected chi connectivity index (χ4v) is 2.66. The van der Waals surface area contributed by atoms with Gasteiger partial charge in [0.05, 0.1) is 11.6 Å². The molecule has 0 saturated carbocycles. The topological polar surface area (TPSA) is 34.2 Å². The van der Waals surface area contributed by atoms with Crippen LogP contribution in [0.15, 0.2) is 18.5 Å². The summed E-state index contributed by atoms with van der Waals surface area (Å²) < 4.78 is 5.60. The van der Waals surface area contributed by atoms with Gasteiger partial charge in [-0.1, -0.05) is 18.5 Å². The van der Waals surface area contributed by atoms with E-state index in [-0.39, 0.29) is 5.41 Å². The highest BCUT2D eigenvalue weighted by Gasteiger charge is 2.35. The summed E-state index contributed by atoms with van der Waals surface area (Å²) in [4.78, 5) is 4.04. The van der Waals surface area contributed by atoms with Gasteiger partial charge in [-0.25, -0.2) is 0 Å². The van der Waals surface area contributed by atoms with Crippen molar-refractivity contribution in [3.8, 4) is 0 Å². The quantitative estimate of drug-likeness (QED) is 0.806. The molecule has 3 nitrogen and oxygen atoms in total. The highest BCUT2D eigenvalue weighted by atomic mass is 35.5. The maximum absolute atomic E-state index is 6.20. The van der Waals surface area contributed by atoms with E-state index in [1.54, 1.807) is 6.20 Å². The highest BCUT2D eigenvalue weighted by Crippen LogP contribution is 2.33. The maximum Gasteiger partial charge on any atom is 0.0621 e. The molecule has 1 fully saturated rings. The molecule has 2 heterocycles.